The third kappa shape index (κ3) is 4.80. The zero-order chi connectivity index (χ0) is 16.2. The highest BCUT2D eigenvalue weighted by Crippen LogP contribution is 2.36. The second-order valence-electron chi connectivity index (χ2n) is 5.74. The summed E-state index contributed by atoms with van der Waals surface area (Å²) in [7, 11) is 0. The monoisotopic (exact) mass is 325 g/mol. The molecule has 0 saturated carbocycles. The number of halogens is 3. The molecule has 0 aromatic heterocycles. The minimum absolute atomic E-state index is 0.00556. The van der Waals surface area contributed by atoms with Gasteiger partial charge >= 0.3 is 11.5 Å². The highest BCUT2D eigenvalue weighted by atomic mass is 35.5. The molecule has 4 nitrogen and oxygen atoms in total. The van der Waals surface area contributed by atoms with Crippen molar-refractivity contribution in [2.45, 2.75) is 57.9 Å². The van der Waals surface area contributed by atoms with Gasteiger partial charge in [0.1, 0.15) is 6.61 Å². The van der Waals surface area contributed by atoms with Crippen molar-refractivity contribution >= 4 is 23.6 Å². The second-order valence-corrected chi connectivity index (χ2v) is 6.24. The molecule has 1 fully saturated rings. The number of cyclic esters (lactones) is 1. The molecular formula is C14H22ClF2NO3. The van der Waals surface area contributed by atoms with Crippen LogP contribution in [0.3, 0.4) is 0 Å². The molecule has 1 rings (SSSR count). The molecule has 1 aliphatic rings. The fraction of sp³-hybridized carbons (Fsp3) is 0.857. The summed E-state index contributed by atoms with van der Waals surface area (Å²) in [4.78, 5) is 24.8. The number of ether oxygens (including phenoxy) is 1. The molecule has 2 atom stereocenters. The molecule has 0 aromatic carbocycles. The molecule has 122 valence electrons. The molecule has 7 heteroatoms. The van der Waals surface area contributed by atoms with Gasteiger partial charge in [-0.05, 0) is 23.9 Å². The maximum atomic E-state index is 13.4. The molecule has 1 saturated heterocycles. The van der Waals surface area contributed by atoms with Crippen LogP contribution in [0, 0.1) is 11.8 Å². The molecule has 0 aromatic rings. The van der Waals surface area contributed by atoms with Crippen molar-refractivity contribution < 1.29 is 23.1 Å². The molecule has 0 bridgehead atoms. The van der Waals surface area contributed by atoms with E-state index in [-0.39, 0.29) is 18.9 Å². The van der Waals surface area contributed by atoms with Gasteiger partial charge in [-0.15, -0.1) is 0 Å². The summed E-state index contributed by atoms with van der Waals surface area (Å²) >= 11 is 5.10. The van der Waals surface area contributed by atoms with Gasteiger partial charge in [0.2, 0.25) is 5.91 Å². The van der Waals surface area contributed by atoms with Crippen molar-refractivity contribution in [3.63, 3.8) is 0 Å². The van der Waals surface area contributed by atoms with Crippen LogP contribution >= 0.6 is 11.6 Å². The first kappa shape index (κ1) is 18.1. The first-order valence-corrected chi connectivity index (χ1v) is 7.61. The van der Waals surface area contributed by atoms with E-state index >= 15 is 0 Å². The number of nitrogens with zero attached hydrogens (tertiary/aromatic N) is 1. The second kappa shape index (κ2) is 7.38. The standard InChI is InChI=1S/C14H22ClF2NO3/c1-4-5-6-10(14(15,16)17)7-12(19)18-11(9(2)3)8-21-13(18)20/h9-11H,4-8H2,1-3H3/t10?,11-/m1/s1. The van der Waals surface area contributed by atoms with E-state index in [2.05, 4.69) is 0 Å². The maximum Gasteiger partial charge on any atom is 0.416 e. The van der Waals surface area contributed by atoms with Gasteiger partial charge < -0.3 is 4.74 Å². The van der Waals surface area contributed by atoms with Crippen LogP contribution in [0.1, 0.15) is 46.5 Å². The van der Waals surface area contributed by atoms with E-state index in [1.165, 1.54) is 0 Å². The molecule has 0 spiro atoms. The summed E-state index contributed by atoms with van der Waals surface area (Å²) in [5.74, 6) is -1.91. The summed E-state index contributed by atoms with van der Waals surface area (Å²) in [6.45, 7) is 5.67. The molecule has 0 aliphatic carbocycles. The number of amides is 2. The van der Waals surface area contributed by atoms with Crippen LogP contribution in [0.2, 0.25) is 0 Å². The van der Waals surface area contributed by atoms with Gasteiger partial charge in [0.25, 0.3) is 0 Å². The number of alkyl halides is 3. The van der Waals surface area contributed by atoms with Crippen LogP contribution in [-0.2, 0) is 9.53 Å². The van der Waals surface area contributed by atoms with Gasteiger partial charge in [-0.1, -0.05) is 33.6 Å². The van der Waals surface area contributed by atoms with E-state index in [1.807, 2.05) is 20.8 Å². The van der Waals surface area contributed by atoms with E-state index in [1.54, 1.807) is 0 Å². The Kier molecular flexibility index (Phi) is 6.38. The topological polar surface area (TPSA) is 46.6 Å². The molecule has 0 N–H and O–H groups in total. The van der Waals surface area contributed by atoms with Gasteiger partial charge in [-0.3, -0.25) is 4.79 Å². The Balaban J connectivity index is 2.78. The van der Waals surface area contributed by atoms with Crippen LogP contribution in [0.5, 0.6) is 0 Å². The van der Waals surface area contributed by atoms with E-state index in [0.717, 1.165) is 11.3 Å². The van der Waals surface area contributed by atoms with Crippen molar-refractivity contribution in [1.29, 1.82) is 0 Å². The predicted molar refractivity (Wildman–Crippen MR) is 75.3 cm³/mol. The molecule has 0 radical (unpaired) electrons. The first-order chi connectivity index (χ1) is 9.68. The van der Waals surface area contributed by atoms with E-state index in [0.29, 0.717) is 6.42 Å². The van der Waals surface area contributed by atoms with E-state index in [4.69, 9.17) is 16.3 Å². The van der Waals surface area contributed by atoms with Gasteiger partial charge in [0.15, 0.2) is 0 Å². The average Bonchev–Trinajstić information content (AvgIpc) is 2.75. The van der Waals surface area contributed by atoms with Crippen molar-refractivity contribution in [2.75, 3.05) is 6.61 Å². The minimum Gasteiger partial charge on any atom is -0.447 e. The molecular weight excluding hydrogens is 304 g/mol. The third-order valence-corrected chi connectivity index (χ3v) is 4.04. The Morgan fingerprint density at radius 1 is 1.52 bits per heavy atom. The Morgan fingerprint density at radius 3 is 2.62 bits per heavy atom. The molecule has 1 aliphatic heterocycles. The molecule has 1 heterocycles. The van der Waals surface area contributed by atoms with Gasteiger partial charge in [0.05, 0.1) is 6.04 Å². The highest BCUT2D eigenvalue weighted by molar-refractivity contribution is 6.22. The number of carbonyl (C=O) groups excluding carboxylic acids is 2. The molecule has 1 unspecified atom stereocenters. The van der Waals surface area contributed by atoms with E-state index in [9.17, 15) is 18.4 Å². The Morgan fingerprint density at radius 2 is 2.14 bits per heavy atom. The zero-order valence-electron chi connectivity index (χ0n) is 12.6. The lowest BCUT2D eigenvalue weighted by molar-refractivity contribution is -0.133. The summed E-state index contributed by atoms with van der Waals surface area (Å²) < 4.78 is 31.6. The Labute approximate surface area is 128 Å². The third-order valence-electron chi connectivity index (χ3n) is 3.73. The quantitative estimate of drug-likeness (QED) is 0.664. The predicted octanol–water partition coefficient (Wildman–Crippen LogP) is 4.02. The smallest absolute Gasteiger partial charge is 0.416 e. The number of rotatable bonds is 7. The fourth-order valence-corrected chi connectivity index (χ4v) is 2.54. The van der Waals surface area contributed by atoms with Gasteiger partial charge in [-0.25, -0.2) is 9.69 Å². The lowest BCUT2D eigenvalue weighted by Gasteiger charge is -2.26. The number of carbonyl (C=O) groups is 2. The van der Waals surface area contributed by atoms with Crippen molar-refractivity contribution in [1.82, 2.24) is 4.90 Å². The minimum atomic E-state index is -3.46. The van der Waals surface area contributed by atoms with Crippen LogP contribution in [-0.4, -0.2) is 34.9 Å². The summed E-state index contributed by atoms with van der Waals surface area (Å²) in [6, 6.07) is -0.402. The van der Waals surface area contributed by atoms with E-state index < -0.39 is 35.8 Å². The Hall–Kier alpha value is -0.910. The Bertz CT molecular complexity index is 385. The van der Waals surface area contributed by atoms with Gasteiger partial charge in [-0.2, -0.15) is 8.78 Å². The normalized spacial score (nSPS) is 20.8. The largest absolute Gasteiger partial charge is 0.447 e. The van der Waals surface area contributed by atoms with Crippen LogP contribution in [0.15, 0.2) is 0 Å². The summed E-state index contributed by atoms with van der Waals surface area (Å²) in [5.41, 5.74) is 0. The summed E-state index contributed by atoms with van der Waals surface area (Å²) in [6.07, 6.45) is 0.227. The molecule has 21 heavy (non-hydrogen) atoms. The van der Waals surface area contributed by atoms with Crippen LogP contribution in [0.25, 0.3) is 0 Å². The summed E-state index contributed by atoms with van der Waals surface area (Å²) in [5, 5.41) is -3.46. The number of imide groups is 1. The average molecular weight is 326 g/mol. The SMILES string of the molecule is CCCCC(CC(=O)N1C(=O)OC[C@@H]1C(C)C)C(F)(F)Cl. The van der Waals surface area contributed by atoms with Crippen LogP contribution in [0.4, 0.5) is 13.6 Å². The van der Waals surface area contributed by atoms with Crippen LogP contribution < -0.4 is 0 Å². The first-order valence-electron chi connectivity index (χ1n) is 7.24. The molecule has 2 amide bonds. The number of unbranched alkanes of at least 4 members (excludes halogenated alkanes) is 1. The number of hydrogen-bond acceptors (Lipinski definition) is 3. The van der Waals surface area contributed by atoms with Crippen molar-refractivity contribution in [3.8, 4) is 0 Å². The number of hydrogen-bond donors (Lipinski definition) is 0. The highest BCUT2D eigenvalue weighted by Gasteiger charge is 2.44. The fourth-order valence-electron chi connectivity index (χ4n) is 2.35. The van der Waals surface area contributed by atoms with Crippen molar-refractivity contribution in [2.24, 2.45) is 11.8 Å². The lowest BCUT2D eigenvalue weighted by Crippen LogP contribution is -2.43. The zero-order valence-corrected chi connectivity index (χ0v) is 13.3. The van der Waals surface area contributed by atoms with Crippen molar-refractivity contribution in [3.05, 3.63) is 0 Å². The lowest BCUT2D eigenvalue weighted by atomic mass is 9.96. The van der Waals surface area contributed by atoms with Gasteiger partial charge in [0, 0.05) is 12.3 Å². The maximum absolute atomic E-state index is 13.4.